The lowest BCUT2D eigenvalue weighted by Crippen LogP contribution is -2.38. The quantitative estimate of drug-likeness (QED) is 0.770. The minimum atomic E-state index is -0.179. The lowest BCUT2D eigenvalue weighted by molar-refractivity contribution is -0.122. The fourth-order valence-electron chi connectivity index (χ4n) is 3.20. The molecule has 1 amide bonds. The molecule has 0 aliphatic carbocycles. The van der Waals surface area contributed by atoms with Gasteiger partial charge in [-0.15, -0.1) is 0 Å². The molecule has 0 saturated heterocycles. The third kappa shape index (κ3) is 3.82. The van der Waals surface area contributed by atoms with E-state index in [1.807, 2.05) is 57.2 Å². The molecule has 0 spiro atoms. The first-order valence-electron chi connectivity index (χ1n) is 8.74. The SMILES string of the molecule is Cc1cccnc1C[C@@H](C)NC(=O)Cn1c(=O)cc(C)c2ccccc21. The summed E-state index contributed by atoms with van der Waals surface area (Å²) in [4.78, 5) is 29.2. The van der Waals surface area contributed by atoms with E-state index in [2.05, 4.69) is 10.3 Å². The van der Waals surface area contributed by atoms with Crippen molar-refractivity contribution in [3.05, 3.63) is 75.8 Å². The van der Waals surface area contributed by atoms with Crippen molar-refractivity contribution in [1.29, 1.82) is 0 Å². The van der Waals surface area contributed by atoms with Crippen molar-refractivity contribution in [3.63, 3.8) is 0 Å². The molecule has 26 heavy (non-hydrogen) atoms. The van der Waals surface area contributed by atoms with E-state index >= 15 is 0 Å². The predicted molar refractivity (Wildman–Crippen MR) is 103 cm³/mol. The van der Waals surface area contributed by atoms with Gasteiger partial charge in [0.2, 0.25) is 5.91 Å². The molecule has 2 heterocycles. The van der Waals surface area contributed by atoms with Crippen molar-refractivity contribution in [2.45, 2.75) is 39.8 Å². The minimum absolute atomic E-state index is 0.00513. The summed E-state index contributed by atoms with van der Waals surface area (Å²) in [6.45, 7) is 5.87. The zero-order valence-corrected chi connectivity index (χ0v) is 15.3. The molecule has 5 nitrogen and oxygen atoms in total. The molecule has 0 aliphatic heterocycles. The van der Waals surface area contributed by atoms with E-state index in [0.29, 0.717) is 6.42 Å². The van der Waals surface area contributed by atoms with E-state index < -0.39 is 0 Å². The Bertz CT molecular complexity index is 1010. The van der Waals surface area contributed by atoms with Gasteiger partial charge in [-0.1, -0.05) is 24.3 Å². The summed E-state index contributed by atoms with van der Waals surface area (Å²) in [5, 5.41) is 3.96. The number of benzene rings is 1. The number of rotatable bonds is 5. The van der Waals surface area contributed by atoms with Gasteiger partial charge in [0.05, 0.1) is 5.52 Å². The van der Waals surface area contributed by atoms with Crippen LogP contribution in [0.2, 0.25) is 0 Å². The lowest BCUT2D eigenvalue weighted by Gasteiger charge is -2.16. The third-order valence-electron chi connectivity index (χ3n) is 4.55. The molecule has 1 aromatic carbocycles. The number of fused-ring (bicyclic) bond motifs is 1. The highest BCUT2D eigenvalue weighted by atomic mass is 16.2. The maximum absolute atomic E-state index is 12.5. The molecule has 0 radical (unpaired) electrons. The Morgan fingerprint density at radius 2 is 1.92 bits per heavy atom. The maximum Gasteiger partial charge on any atom is 0.251 e. The fourth-order valence-corrected chi connectivity index (χ4v) is 3.20. The summed E-state index contributed by atoms with van der Waals surface area (Å²) < 4.78 is 1.52. The van der Waals surface area contributed by atoms with Crippen molar-refractivity contribution in [2.75, 3.05) is 0 Å². The van der Waals surface area contributed by atoms with Crippen molar-refractivity contribution in [2.24, 2.45) is 0 Å². The summed E-state index contributed by atoms with van der Waals surface area (Å²) in [6, 6.07) is 13.1. The molecule has 0 aliphatic rings. The van der Waals surface area contributed by atoms with E-state index in [1.54, 1.807) is 12.3 Å². The third-order valence-corrected chi connectivity index (χ3v) is 4.55. The number of hydrogen-bond donors (Lipinski definition) is 1. The molecule has 1 N–H and O–H groups in total. The number of nitrogens with one attached hydrogen (secondary N) is 1. The van der Waals surface area contributed by atoms with Crippen LogP contribution in [-0.2, 0) is 17.8 Å². The molecule has 0 saturated carbocycles. The monoisotopic (exact) mass is 349 g/mol. The van der Waals surface area contributed by atoms with Gasteiger partial charge in [0.1, 0.15) is 6.54 Å². The summed E-state index contributed by atoms with van der Waals surface area (Å²) in [6.07, 6.45) is 2.41. The second kappa shape index (κ2) is 7.52. The first-order valence-corrected chi connectivity index (χ1v) is 8.74. The molecule has 3 aromatic rings. The molecule has 2 aromatic heterocycles. The number of carbonyl (C=O) groups excluding carboxylic acids is 1. The number of pyridine rings is 2. The highest BCUT2D eigenvalue weighted by Gasteiger charge is 2.13. The minimum Gasteiger partial charge on any atom is -0.352 e. The molecule has 3 rings (SSSR count). The highest BCUT2D eigenvalue weighted by Crippen LogP contribution is 2.15. The van der Waals surface area contributed by atoms with Crippen molar-refractivity contribution in [1.82, 2.24) is 14.9 Å². The van der Waals surface area contributed by atoms with Gasteiger partial charge in [-0.3, -0.25) is 19.1 Å². The molecule has 0 bridgehead atoms. The van der Waals surface area contributed by atoms with Crippen LogP contribution < -0.4 is 10.9 Å². The number of aryl methyl sites for hydroxylation is 2. The first-order chi connectivity index (χ1) is 12.5. The van der Waals surface area contributed by atoms with E-state index in [-0.39, 0.29) is 24.1 Å². The zero-order valence-electron chi connectivity index (χ0n) is 15.3. The Morgan fingerprint density at radius 1 is 1.15 bits per heavy atom. The van der Waals surface area contributed by atoms with Gasteiger partial charge in [0.25, 0.3) is 5.56 Å². The number of amides is 1. The average Bonchev–Trinajstić information content (AvgIpc) is 2.60. The topological polar surface area (TPSA) is 64.0 Å². The molecular weight excluding hydrogens is 326 g/mol. The zero-order chi connectivity index (χ0) is 18.7. The van der Waals surface area contributed by atoms with Gasteiger partial charge in [0.15, 0.2) is 0 Å². The van der Waals surface area contributed by atoms with Gasteiger partial charge in [-0.2, -0.15) is 0 Å². The van der Waals surface area contributed by atoms with Gasteiger partial charge >= 0.3 is 0 Å². The van der Waals surface area contributed by atoms with Crippen molar-refractivity contribution >= 4 is 16.8 Å². The van der Waals surface area contributed by atoms with E-state index in [4.69, 9.17) is 0 Å². The predicted octanol–water partition coefficient (Wildman–Crippen LogP) is 2.76. The van der Waals surface area contributed by atoms with E-state index in [9.17, 15) is 9.59 Å². The van der Waals surface area contributed by atoms with Crippen LogP contribution in [0.4, 0.5) is 0 Å². The van der Waals surface area contributed by atoms with Crippen molar-refractivity contribution in [3.8, 4) is 0 Å². The highest BCUT2D eigenvalue weighted by molar-refractivity contribution is 5.84. The summed E-state index contributed by atoms with van der Waals surface area (Å²) >= 11 is 0. The Hall–Kier alpha value is -2.95. The van der Waals surface area contributed by atoms with Crippen LogP contribution in [0.1, 0.15) is 23.7 Å². The molecule has 0 fully saturated rings. The molecule has 5 heteroatoms. The summed E-state index contributed by atoms with van der Waals surface area (Å²) in [5.41, 5.74) is 3.61. The van der Waals surface area contributed by atoms with Crippen LogP contribution >= 0.6 is 0 Å². The van der Waals surface area contributed by atoms with Gasteiger partial charge in [-0.05, 0) is 44.0 Å². The van der Waals surface area contributed by atoms with Crippen LogP contribution in [0, 0.1) is 13.8 Å². The molecule has 134 valence electrons. The average molecular weight is 349 g/mol. The van der Waals surface area contributed by atoms with Crippen LogP contribution in [0.5, 0.6) is 0 Å². The fraction of sp³-hybridized carbons (Fsp3) is 0.286. The number of hydrogen-bond acceptors (Lipinski definition) is 3. The Kier molecular flexibility index (Phi) is 5.16. The first kappa shape index (κ1) is 17.9. The standard InChI is InChI=1S/C21H23N3O2/c1-14-7-6-10-22-18(14)12-16(3)23-20(25)13-24-19-9-5-4-8-17(19)15(2)11-21(24)26/h4-11,16H,12-13H2,1-3H3,(H,23,25)/t16-/m1/s1. The molecule has 1 atom stereocenters. The Labute approximate surface area is 152 Å². The van der Waals surface area contributed by atoms with Crippen LogP contribution in [-0.4, -0.2) is 21.5 Å². The second-order valence-corrected chi connectivity index (χ2v) is 6.71. The largest absolute Gasteiger partial charge is 0.352 e. The van der Waals surface area contributed by atoms with Gasteiger partial charge < -0.3 is 5.32 Å². The second-order valence-electron chi connectivity index (χ2n) is 6.71. The molecular formula is C21H23N3O2. The lowest BCUT2D eigenvalue weighted by atomic mass is 10.1. The smallest absolute Gasteiger partial charge is 0.251 e. The number of para-hydroxylation sites is 1. The van der Waals surface area contributed by atoms with Crippen LogP contribution in [0.15, 0.2) is 53.5 Å². The van der Waals surface area contributed by atoms with Crippen LogP contribution in [0.3, 0.4) is 0 Å². The van der Waals surface area contributed by atoms with E-state index in [1.165, 1.54) is 4.57 Å². The normalized spacial score (nSPS) is 12.1. The number of carbonyl (C=O) groups is 1. The maximum atomic E-state index is 12.5. The van der Waals surface area contributed by atoms with Crippen molar-refractivity contribution < 1.29 is 4.79 Å². The van der Waals surface area contributed by atoms with E-state index in [0.717, 1.165) is 27.7 Å². The molecule has 0 unspecified atom stereocenters. The summed E-state index contributed by atoms with van der Waals surface area (Å²) in [5.74, 6) is -0.179. The van der Waals surface area contributed by atoms with Gasteiger partial charge in [-0.25, -0.2) is 0 Å². The Morgan fingerprint density at radius 3 is 2.69 bits per heavy atom. The van der Waals surface area contributed by atoms with Gasteiger partial charge in [0, 0.05) is 35.8 Å². The van der Waals surface area contributed by atoms with Crippen LogP contribution in [0.25, 0.3) is 10.9 Å². The summed E-state index contributed by atoms with van der Waals surface area (Å²) in [7, 11) is 0. The number of nitrogens with zero attached hydrogens (tertiary/aromatic N) is 2. The number of aromatic nitrogens is 2. The Balaban J connectivity index is 1.75.